The third kappa shape index (κ3) is 4.91. The van der Waals surface area contributed by atoms with Crippen LogP contribution in [0, 0.1) is 13.8 Å². The van der Waals surface area contributed by atoms with E-state index in [1.807, 2.05) is 22.4 Å². The second kappa shape index (κ2) is 10.6. The third-order valence-corrected chi connectivity index (χ3v) is 8.27. The standard InChI is InChI=1S/C31H37N7O/c1-22-7-6-8-27(23(22)2)36-17-19-37(20-18-36)31(39)24(3)33-30-29(34-28-21-32-13-16-38(28)30)25-9-11-26(12-10-25)35-14-4-5-15-35/h6-13,16,21,24,33H,4-5,14-15,17-20H2,1-3H3. The van der Waals surface area contributed by atoms with E-state index in [9.17, 15) is 4.79 Å². The van der Waals surface area contributed by atoms with E-state index in [2.05, 4.69) is 76.4 Å². The first kappa shape index (κ1) is 25.2. The van der Waals surface area contributed by atoms with Gasteiger partial charge in [0.1, 0.15) is 17.6 Å². The van der Waals surface area contributed by atoms with Crippen molar-refractivity contribution in [3.63, 3.8) is 0 Å². The number of imidazole rings is 1. The molecule has 39 heavy (non-hydrogen) atoms. The van der Waals surface area contributed by atoms with Crippen molar-refractivity contribution in [3.05, 3.63) is 72.2 Å². The van der Waals surface area contributed by atoms with Crippen molar-refractivity contribution in [2.45, 2.75) is 39.7 Å². The van der Waals surface area contributed by atoms with Gasteiger partial charge in [0.25, 0.3) is 0 Å². The summed E-state index contributed by atoms with van der Waals surface area (Å²) in [5.74, 6) is 0.922. The summed E-state index contributed by atoms with van der Waals surface area (Å²) in [5, 5.41) is 3.52. The van der Waals surface area contributed by atoms with Gasteiger partial charge >= 0.3 is 0 Å². The molecular weight excluding hydrogens is 486 g/mol. The summed E-state index contributed by atoms with van der Waals surface area (Å²) in [4.78, 5) is 29.5. The summed E-state index contributed by atoms with van der Waals surface area (Å²) in [5.41, 5.74) is 7.73. The van der Waals surface area contributed by atoms with Gasteiger partial charge in [-0.2, -0.15) is 0 Å². The monoisotopic (exact) mass is 523 g/mol. The Labute approximate surface area is 230 Å². The predicted octanol–water partition coefficient (Wildman–Crippen LogP) is 4.76. The van der Waals surface area contributed by atoms with Crippen LogP contribution in [-0.4, -0.2) is 70.5 Å². The number of fused-ring (bicyclic) bond motifs is 1. The van der Waals surface area contributed by atoms with E-state index in [0.29, 0.717) is 13.1 Å². The maximum absolute atomic E-state index is 13.6. The van der Waals surface area contributed by atoms with Crippen molar-refractivity contribution >= 4 is 28.7 Å². The van der Waals surface area contributed by atoms with Gasteiger partial charge in [-0.15, -0.1) is 0 Å². The Bertz CT molecular complexity index is 1460. The number of benzene rings is 2. The molecule has 2 aliphatic heterocycles. The number of anilines is 3. The normalized spacial score (nSPS) is 16.6. The summed E-state index contributed by atoms with van der Waals surface area (Å²) in [6.07, 6.45) is 7.90. The largest absolute Gasteiger partial charge is 0.372 e. The van der Waals surface area contributed by atoms with Crippen molar-refractivity contribution in [2.75, 3.05) is 54.4 Å². The minimum atomic E-state index is -0.395. The molecule has 202 valence electrons. The second-order valence-electron chi connectivity index (χ2n) is 10.8. The van der Waals surface area contributed by atoms with E-state index in [0.717, 1.165) is 48.9 Å². The van der Waals surface area contributed by atoms with Crippen LogP contribution in [0.4, 0.5) is 17.2 Å². The molecule has 0 spiro atoms. The molecule has 4 heterocycles. The highest BCUT2D eigenvalue weighted by molar-refractivity contribution is 5.87. The molecule has 1 amide bonds. The lowest BCUT2D eigenvalue weighted by molar-refractivity contribution is -0.131. The maximum atomic E-state index is 13.6. The van der Waals surface area contributed by atoms with Crippen LogP contribution < -0.4 is 15.1 Å². The fraction of sp³-hybridized carbons (Fsp3) is 0.387. The Balaban J connectivity index is 1.19. The number of hydrogen-bond acceptors (Lipinski definition) is 6. The molecule has 1 atom stereocenters. The van der Waals surface area contributed by atoms with E-state index >= 15 is 0 Å². The van der Waals surface area contributed by atoms with Crippen molar-refractivity contribution in [1.82, 2.24) is 19.3 Å². The number of hydrogen-bond donors (Lipinski definition) is 1. The third-order valence-electron chi connectivity index (χ3n) is 8.27. The van der Waals surface area contributed by atoms with E-state index in [-0.39, 0.29) is 5.91 Å². The molecule has 0 saturated carbocycles. The molecular formula is C31H37N7O. The van der Waals surface area contributed by atoms with Gasteiger partial charge in [-0.1, -0.05) is 24.3 Å². The van der Waals surface area contributed by atoms with Crippen LogP contribution in [0.5, 0.6) is 0 Å². The van der Waals surface area contributed by atoms with Gasteiger partial charge in [-0.25, -0.2) is 4.98 Å². The molecule has 6 rings (SSSR count). The van der Waals surface area contributed by atoms with Crippen LogP contribution >= 0.6 is 0 Å². The number of nitrogens with zero attached hydrogens (tertiary/aromatic N) is 6. The highest BCUT2D eigenvalue weighted by atomic mass is 16.2. The maximum Gasteiger partial charge on any atom is 0.244 e. The van der Waals surface area contributed by atoms with Gasteiger partial charge < -0.3 is 20.0 Å². The van der Waals surface area contributed by atoms with E-state index in [4.69, 9.17) is 4.98 Å². The average molecular weight is 524 g/mol. The number of rotatable bonds is 6. The zero-order valence-electron chi connectivity index (χ0n) is 23.1. The minimum Gasteiger partial charge on any atom is -0.372 e. The Morgan fingerprint density at radius 1 is 0.923 bits per heavy atom. The zero-order chi connectivity index (χ0) is 26.9. The van der Waals surface area contributed by atoms with Gasteiger partial charge in [-0.05, 0) is 62.9 Å². The summed E-state index contributed by atoms with van der Waals surface area (Å²) < 4.78 is 1.99. The highest BCUT2D eigenvalue weighted by Gasteiger charge is 2.27. The quantitative estimate of drug-likeness (QED) is 0.393. The SMILES string of the molecule is Cc1cccc(N2CCN(C(=O)C(C)Nc3c(-c4ccc(N5CCCC5)cc4)nc4cnccn34)CC2)c1C. The molecule has 2 saturated heterocycles. The van der Waals surface area contributed by atoms with Gasteiger partial charge in [0.15, 0.2) is 5.65 Å². The topological polar surface area (TPSA) is 69.0 Å². The number of piperazine rings is 1. The molecule has 2 aliphatic rings. The lowest BCUT2D eigenvalue weighted by atomic mass is 10.1. The van der Waals surface area contributed by atoms with Crippen LogP contribution in [0.25, 0.3) is 16.9 Å². The molecule has 4 aromatic rings. The summed E-state index contributed by atoms with van der Waals surface area (Å²) in [6.45, 7) is 11.6. The predicted molar refractivity (Wildman–Crippen MR) is 158 cm³/mol. The van der Waals surface area contributed by atoms with Crippen LogP contribution in [0.15, 0.2) is 61.1 Å². The zero-order valence-corrected chi connectivity index (χ0v) is 23.1. The number of amides is 1. The highest BCUT2D eigenvalue weighted by Crippen LogP contribution is 2.31. The molecule has 0 bridgehead atoms. The Kier molecular flexibility index (Phi) is 6.85. The minimum absolute atomic E-state index is 0.106. The van der Waals surface area contributed by atoms with Crippen molar-refractivity contribution < 1.29 is 4.79 Å². The summed E-state index contributed by atoms with van der Waals surface area (Å²) in [6, 6.07) is 14.7. The van der Waals surface area contributed by atoms with Crippen LogP contribution in [0.2, 0.25) is 0 Å². The number of aryl methyl sites for hydroxylation is 1. The van der Waals surface area contributed by atoms with E-state index in [1.54, 1.807) is 12.4 Å². The van der Waals surface area contributed by atoms with Gasteiger partial charge in [-0.3, -0.25) is 14.2 Å². The molecule has 1 N–H and O–H groups in total. The Morgan fingerprint density at radius 3 is 2.41 bits per heavy atom. The number of aromatic nitrogens is 3. The molecule has 2 fully saturated rings. The molecule has 0 radical (unpaired) electrons. The van der Waals surface area contributed by atoms with Gasteiger partial charge in [0, 0.05) is 68.6 Å². The smallest absolute Gasteiger partial charge is 0.244 e. The molecule has 8 nitrogen and oxygen atoms in total. The lowest BCUT2D eigenvalue weighted by Crippen LogP contribution is -2.52. The average Bonchev–Trinajstić information content (AvgIpc) is 3.63. The van der Waals surface area contributed by atoms with Crippen molar-refractivity contribution in [1.29, 1.82) is 0 Å². The fourth-order valence-electron chi connectivity index (χ4n) is 5.84. The molecule has 1 unspecified atom stereocenters. The fourth-order valence-corrected chi connectivity index (χ4v) is 5.84. The Hall–Kier alpha value is -4.07. The van der Waals surface area contributed by atoms with Crippen molar-refractivity contribution in [3.8, 4) is 11.3 Å². The first-order chi connectivity index (χ1) is 19.0. The number of carbonyl (C=O) groups is 1. The first-order valence-electron chi connectivity index (χ1n) is 14.0. The molecule has 0 aliphatic carbocycles. The van der Waals surface area contributed by atoms with Gasteiger partial charge in [0.2, 0.25) is 5.91 Å². The van der Waals surface area contributed by atoms with Crippen LogP contribution in [0.3, 0.4) is 0 Å². The van der Waals surface area contributed by atoms with Crippen LogP contribution in [0.1, 0.15) is 30.9 Å². The van der Waals surface area contributed by atoms with E-state index < -0.39 is 6.04 Å². The second-order valence-corrected chi connectivity index (χ2v) is 10.8. The van der Waals surface area contributed by atoms with E-state index in [1.165, 1.54) is 35.3 Å². The summed E-state index contributed by atoms with van der Waals surface area (Å²) in [7, 11) is 0. The Morgan fingerprint density at radius 2 is 1.67 bits per heavy atom. The first-order valence-corrected chi connectivity index (χ1v) is 14.0. The lowest BCUT2D eigenvalue weighted by Gasteiger charge is -2.38. The van der Waals surface area contributed by atoms with Crippen LogP contribution in [-0.2, 0) is 4.79 Å². The summed E-state index contributed by atoms with van der Waals surface area (Å²) >= 11 is 0. The molecule has 8 heteroatoms. The molecule has 2 aromatic carbocycles. The number of carbonyl (C=O) groups excluding carboxylic acids is 1. The van der Waals surface area contributed by atoms with Gasteiger partial charge in [0.05, 0.1) is 6.20 Å². The van der Waals surface area contributed by atoms with Crippen molar-refractivity contribution in [2.24, 2.45) is 0 Å². The number of nitrogens with one attached hydrogen (secondary N) is 1. The molecule has 2 aromatic heterocycles.